The zero-order valence-electron chi connectivity index (χ0n) is 3.40. The second kappa shape index (κ2) is 3.13. The lowest BCUT2D eigenvalue weighted by molar-refractivity contribution is -0.151. The normalized spacial score (nSPS) is 12.0. The molecule has 0 aliphatic rings. The quantitative estimate of drug-likeness (QED) is 0.203. The molecule has 7 heteroatoms. The number of hydrogen-bond donors (Lipinski definition) is 2. The predicted molar refractivity (Wildman–Crippen MR) is 20.5 cm³/mol. The van der Waals surface area contributed by atoms with Crippen LogP contribution in [0.2, 0.25) is 0 Å². The standard InChI is InChI=1S/CH2F3NO2S/c2-1(3,4)5-8-7-6/h5-6H. The smallest absolute Gasteiger partial charge is 0.238 e. The fourth-order valence-electron chi connectivity index (χ4n) is 0.0659. The number of alkyl halides is 3. The van der Waals surface area contributed by atoms with Gasteiger partial charge in [0.05, 0.1) is 0 Å². The molecule has 0 saturated carbocycles. The third-order valence-corrected chi connectivity index (χ3v) is 0.584. The molecule has 0 heterocycles. The van der Waals surface area contributed by atoms with Crippen molar-refractivity contribution in [1.29, 1.82) is 0 Å². The van der Waals surface area contributed by atoms with Crippen molar-refractivity contribution in [3.8, 4) is 0 Å². The summed E-state index contributed by atoms with van der Waals surface area (Å²) < 4.78 is 36.6. The van der Waals surface area contributed by atoms with E-state index < -0.39 is 6.30 Å². The molecule has 2 N–H and O–H groups in total. The number of hydrogen-bond acceptors (Lipinski definition) is 4. The Bertz CT molecular complexity index is 64.8. The topological polar surface area (TPSA) is 41.5 Å². The maximum atomic E-state index is 10.9. The van der Waals surface area contributed by atoms with Crippen LogP contribution in [-0.4, -0.2) is 11.6 Å². The monoisotopic (exact) mass is 149 g/mol. The number of halogens is 3. The summed E-state index contributed by atoms with van der Waals surface area (Å²) in [5.41, 5.74) is 0. The average molecular weight is 149 g/mol. The van der Waals surface area contributed by atoms with Crippen molar-refractivity contribution in [3.63, 3.8) is 0 Å². The van der Waals surface area contributed by atoms with Gasteiger partial charge in [0.1, 0.15) is 12.2 Å². The molecule has 0 aromatic rings. The highest BCUT2D eigenvalue weighted by molar-refractivity contribution is 7.92. The highest BCUT2D eigenvalue weighted by Gasteiger charge is 2.27. The molecule has 3 nitrogen and oxygen atoms in total. The van der Waals surface area contributed by atoms with Crippen molar-refractivity contribution in [2.24, 2.45) is 0 Å². The van der Waals surface area contributed by atoms with Gasteiger partial charge in [-0.05, 0) is 0 Å². The molecule has 0 unspecified atom stereocenters. The van der Waals surface area contributed by atoms with Crippen molar-refractivity contribution in [2.75, 3.05) is 0 Å². The van der Waals surface area contributed by atoms with Gasteiger partial charge in [0.15, 0.2) is 0 Å². The van der Waals surface area contributed by atoms with Crippen LogP contribution in [0.3, 0.4) is 0 Å². The molecular formula is CH2F3NO2S. The van der Waals surface area contributed by atoms with Crippen LogP contribution in [-0.2, 0) is 4.33 Å². The van der Waals surface area contributed by atoms with E-state index in [1.54, 1.807) is 0 Å². The maximum absolute atomic E-state index is 10.9. The first-order valence-electron chi connectivity index (χ1n) is 1.37. The lowest BCUT2D eigenvalue weighted by atomic mass is 11.3. The molecule has 0 bridgehead atoms. The molecule has 0 aliphatic heterocycles. The van der Waals surface area contributed by atoms with E-state index in [1.807, 2.05) is 0 Å². The van der Waals surface area contributed by atoms with Gasteiger partial charge in [-0.1, -0.05) is 0 Å². The van der Waals surface area contributed by atoms with E-state index in [4.69, 9.17) is 5.26 Å². The minimum Gasteiger partial charge on any atom is -0.238 e. The molecule has 0 atom stereocenters. The van der Waals surface area contributed by atoms with E-state index >= 15 is 0 Å². The lowest BCUT2D eigenvalue weighted by Crippen LogP contribution is -2.24. The summed E-state index contributed by atoms with van der Waals surface area (Å²) in [6.45, 7) is 0. The van der Waals surface area contributed by atoms with Gasteiger partial charge in [0, 0.05) is 0 Å². The first-order valence-corrected chi connectivity index (χ1v) is 2.11. The van der Waals surface area contributed by atoms with Crippen molar-refractivity contribution in [1.82, 2.24) is 4.72 Å². The first kappa shape index (κ1) is 8.02. The van der Waals surface area contributed by atoms with Gasteiger partial charge in [-0.2, -0.15) is 13.2 Å². The van der Waals surface area contributed by atoms with Crippen LogP contribution in [0.5, 0.6) is 0 Å². The molecule has 8 heavy (non-hydrogen) atoms. The summed E-state index contributed by atoms with van der Waals surface area (Å²) in [7, 11) is 0. The summed E-state index contributed by atoms with van der Waals surface area (Å²) in [6.07, 6.45) is -4.52. The Morgan fingerprint density at radius 3 is 2.12 bits per heavy atom. The van der Waals surface area contributed by atoms with E-state index in [2.05, 4.69) is 4.33 Å². The fourth-order valence-corrected chi connectivity index (χ4v) is 0.198. The summed E-state index contributed by atoms with van der Waals surface area (Å²) in [5.74, 6) is 0. The van der Waals surface area contributed by atoms with Crippen molar-refractivity contribution in [2.45, 2.75) is 6.30 Å². The highest BCUT2D eigenvalue weighted by atomic mass is 32.2. The SMILES string of the molecule is OOSNC(F)(F)F. The maximum Gasteiger partial charge on any atom is 0.468 e. The molecule has 0 aromatic carbocycles. The Morgan fingerprint density at radius 2 is 2.00 bits per heavy atom. The molecule has 0 spiro atoms. The van der Waals surface area contributed by atoms with Gasteiger partial charge < -0.3 is 0 Å². The Kier molecular flexibility index (Phi) is 3.13. The fraction of sp³-hybridized carbons (Fsp3) is 1.00. The molecule has 0 amide bonds. The molecule has 0 fully saturated rings. The van der Waals surface area contributed by atoms with Crippen LogP contribution < -0.4 is 4.72 Å². The molecule has 0 saturated heterocycles. The second-order valence-electron chi connectivity index (χ2n) is 0.758. The van der Waals surface area contributed by atoms with Gasteiger partial charge in [-0.15, -0.1) is 9.06 Å². The van der Waals surface area contributed by atoms with E-state index in [0.29, 0.717) is 0 Å². The van der Waals surface area contributed by atoms with Crippen LogP contribution in [0.4, 0.5) is 13.2 Å². The predicted octanol–water partition coefficient (Wildman–Crippen LogP) is 1.15. The highest BCUT2D eigenvalue weighted by Crippen LogP contribution is 2.13. The van der Waals surface area contributed by atoms with Crippen LogP contribution in [0.1, 0.15) is 0 Å². The number of nitrogens with one attached hydrogen (secondary N) is 1. The Morgan fingerprint density at radius 1 is 1.50 bits per heavy atom. The van der Waals surface area contributed by atoms with Gasteiger partial charge in [0.25, 0.3) is 0 Å². The van der Waals surface area contributed by atoms with Gasteiger partial charge in [0.2, 0.25) is 0 Å². The third-order valence-electron chi connectivity index (χ3n) is 0.195. The summed E-state index contributed by atoms with van der Waals surface area (Å²) in [4.78, 5) is 0. The molecule has 0 aromatic heterocycles. The molecule has 0 aliphatic carbocycles. The van der Waals surface area contributed by atoms with Crippen LogP contribution in [0.15, 0.2) is 0 Å². The minimum atomic E-state index is -4.52. The molecular weight excluding hydrogens is 147 g/mol. The zero-order chi connectivity index (χ0) is 6.62. The molecule has 50 valence electrons. The van der Waals surface area contributed by atoms with Crippen LogP contribution in [0, 0.1) is 0 Å². The van der Waals surface area contributed by atoms with Crippen LogP contribution in [0.25, 0.3) is 0 Å². The second-order valence-corrected chi connectivity index (χ2v) is 1.28. The third kappa shape index (κ3) is 6.02. The molecule has 0 rings (SSSR count). The average Bonchev–Trinajstić information content (AvgIpc) is 1.59. The Balaban J connectivity index is 3.11. The first-order chi connectivity index (χ1) is 3.56. The Labute approximate surface area is 47.1 Å². The molecule has 0 radical (unpaired) electrons. The summed E-state index contributed by atoms with van der Waals surface area (Å²) >= 11 is -0.304. The number of rotatable bonds is 2. The van der Waals surface area contributed by atoms with Gasteiger partial charge >= 0.3 is 6.30 Å². The van der Waals surface area contributed by atoms with Gasteiger partial charge in [-0.3, -0.25) is 0 Å². The van der Waals surface area contributed by atoms with E-state index in [-0.39, 0.29) is 12.2 Å². The Hall–Kier alpha value is 0.0200. The zero-order valence-corrected chi connectivity index (χ0v) is 4.21. The van der Waals surface area contributed by atoms with E-state index in [0.717, 1.165) is 4.72 Å². The van der Waals surface area contributed by atoms with Crippen molar-refractivity contribution in [3.05, 3.63) is 0 Å². The van der Waals surface area contributed by atoms with Crippen molar-refractivity contribution >= 4 is 12.2 Å². The minimum absolute atomic E-state index is 0.304. The largest absolute Gasteiger partial charge is 0.468 e. The summed E-state index contributed by atoms with van der Waals surface area (Å²) in [6, 6.07) is 0. The lowest BCUT2D eigenvalue weighted by Gasteiger charge is -2.02. The summed E-state index contributed by atoms with van der Waals surface area (Å²) in [5, 5.41) is 7.33. The van der Waals surface area contributed by atoms with E-state index in [9.17, 15) is 13.2 Å². The van der Waals surface area contributed by atoms with E-state index in [1.165, 1.54) is 0 Å². The van der Waals surface area contributed by atoms with Crippen LogP contribution >= 0.6 is 12.2 Å². The van der Waals surface area contributed by atoms with Crippen molar-refractivity contribution < 1.29 is 22.8 Å². The van der Waals surface area contributed by atoms with Gasteiger partial charge in [-0.25, -0.2) is 5.26 Å².